The SMILES string of the molecule is FC(F)(F)C=C(Cl)CC(F)(F)F. The highest BCUT2D eigenvalue weighted by molar-refractivity contribution is 6.29. The van der Waals surface area contributed by atoms with E-state index in [0.29, 0.717) is 0 Å². The van der Waals surface area contributed by atoms with E-state index >= 15 is 0 Å². The average Bonchev–Trinajstić information content (AvgIpc) is 1.49. The Balaban J connectivity index is 4.23. The van der Waals surface area contributed by atoms with Crippen molar-refractivity contribution in [3.63, 3.8) is 0 Å². The molecule has 0 amide bonds. The Morgan fingerprint density at radius 2 is 1.50 bits per heavy atom. The van der Waals surface area contributed by atoms with Crippen molar-refractivity contribution >= 4 is 11.6 Å². The first kappa shape index (κ1) is 11.6. The van der Waals surface area contributed by atoms with Crippen molar-refractivity contribution in [2.75, 3.05) is 0 Å². The lowest BCUT2D eigenvalue weighted by Crippen LogP contribution is -2.09. The molecule has 0 atom stereocenters. The lowest BCUT2D eigenvalue weighted by Gasteiger charge is -2.05. The molecular weight excluding hydrogens is 209 g/mol. The summed E-state index contributed by atoms with van der Waals surface area (Å²) in [5.74, 6) is 0. The van der Waals surface area contributed by atoms with E-state index in [1.165, 1.54) is 0 Å². The fourth-order valence-electron chi connectivity index (χ4n) is 0.420. The van der Waals surface area contributed by atoms with Crippen molar-refractivity contribution in [1.82, 2.24) is 0 Å². The lowest BCUT2D eigenvalue weighted by atomic mass is 10.3. The zero-order valence-electron chi connectivity index (χ0n) is 5.43. The van der Waals surface area contributed by atoms with Gasteiger partial charge < -0.3 is 0 Å². The van der Waals surface area contributed by atoms with Crippen molar-refractivity contribution < 1.29 is 26.3 Å². The molecule has 0 N–H and O–H groups in total. The summed E-state index contributed by atoms with van der Waals surface area (Å²) in [6.45, 7) is 0. The minimum Gasteiger partial charge on any atom is -0.171 e. The third kappa shape index (κ3) is 7.71. The van der Waals surface area contributed by atoms with Gasteiger partial charge in [-0.2, -0.15) is 26.3 Å². The standard InChI is InChI=1S/C5H3ClF6/c6-3(1-4(7,8)9)2-5(10,11)12/h1H,2H2. The molecule has 0 saturated heterocycles. The normalized spacial score (nSPS) is 15.1. The van der Waals surface area contributed by atoms with E-state index in [-0.39, 0.29) is 0 Å². The van der Waals surface area contributed by atoms with Crippen LogP contribution in [0, 0.1) is 0 Å². The van der Waals surface area contributed by atoms with Crippen LogP contribution in [-0.2, 0) is 0 Å². The van der Waals surface area contributed by atoms with Crippen molar-refractivity contribution in [3.8, 4) is 0 Å². The minimum atomic E-state index is -4.80. The van der Waals surface area contributed by atoms with Gasteiger partial charge in [0.1, 0.15) is 0 Å². The third-order valence-electron chi connectivity index (χ3n) is 0.690. The Bertz CT molecular complexity index is 175. The zero-order valence-corrected chi connectivity index (χ0v) is 6.19. The van der Waals surface area contributed by atoms with Crippen molar-refractivity contribution in [2.45, 2.75) is 18.8 Å². The zero-order chi connectivity index (χ0) is 9.99. The van der Waals surface area contributed by atoms with Gasteiger partial charge in [0.15, 0.2) is 0 Å². The van der Waals surface area contributed by atoms with Crippen molar-refractivity contribution in [2.24, 2.45) is 0 Å². The monoisotopic (exact) mass is 212 g/mol. The summed E-state index contributed by atoms with van der Waals surface area (Å²) in [6, 6.07) is 0. The number of allylic oxidation sites excluding steroid dienone is 2. The summed E-state index contributed by atoms with van der Waals surface area (Å²) in [4.78, 5) is 0. The molecule has 0 bridgehead atoms. The van der Waals surface area contributed by atoms with E-state index in [9.17, 15) is 26.3 Å². The molecule has 0 rings (SSSR count). The number of rotatable bonds is 1. The van der Waals surface area contributed by atoms with Crippen LogP contribution in [0.1, 0.15) is 6.42 Å². The lowest BCUT2D eigenvalue weighted by molar-refractivity contribution is -0.126. The largest absolute Gasteiger partial charge is 0.410 e. The molecule has 0 aliphatic rings. The van der Waals surface area contributed by atoms with Crippen LogP contribution in [0.4, 0.5) is 26.3 Å². The predicted octanol–water partition coefficient (Wildman–Crippen LogP) is 3.62. The highest BCUT2D eigenvalue weighted by atomic mass is 35.5. The van der Waals surface area contributed by atoms with Gasteiger partial charge in [0.05, 0.1) is 6.42 Å². The van der Waals surface area contributed by atoms with Crippen LogP contribution in [0.25, 0.3) is 0 Å². The van der Waals surface area contributed by atoms with Crippen molar-refractivity contribution in [3.05, 3.63) is 11.1 Å². The predicted molar refractivity (Wildman–Crippen MR) is 30.7 cm³/mol. The molecule has 0 aromatic rings. The molecule has 0 unspecified atom stereocenters. The Labute approximate surface area is 68.8 Å². The molecule has 7 heteroatoms. The first-order valence-electron chi connectivity index (χ1n) is 2.61. The van der Waals surface area contributed by atoms with Gasteiger partial charge in [0.25, 0.3) is 0 Å². The van der Waals surface area contributed by atoms with E-state index in [2.05, 4.69) is 11.6 Å². The molecule has 0 nitrogen and oxygen atoms in total. The van der Waals surface area contributed by atoms with Crippen LogP contribution < -0.4 is 0 Å². The third-order valence-corrected chi connectivity index (χ3v) is 0.932. The maximum Gasteiger partial charge on any atom is 0.410 e. The van der Waals surface area contributed by atoms with Crippen LogP contribution in [0.3, 0.4) is 0 Å². The van der Waals surface area contributed by atoms with Crippen LogP contribution >= 0.6 is 11.6 Å². The van der Waals surface area contributed by atoms with Gasteiger partial charge in [-0.05, 0) is 0 Å². The summed E-state index contributed by atoms with van der Waals surface area (Å²) in [7, 11) is 0. The van der Waals surface area contributed by atoms with E-state index in [0.717, 1.165) is 0 Å². The van der Waals surface area contributed by atoms with Gasteiger partial charge in [0.2, 0.25) is 0 Å². The molecule has 72 valence electrons. The molecule has 0 aromatic carbocycles. The highest BCUT2D eigenvalue weighted by Gasteiger charge is 2.31. The van der Waals surface area contributed by atoms with Gasteiger partial charge >= 0.3 is 12.4 Å². The molecule has 0 aromatic heterocycles. The number of hydrogen-bond acceptors (Lipinski definition) is 0. The maximum absolute atomic E-state index is 11.4. The molecule has 0 saturated carbocycles. The fraction of sp³-hybridized carbons (Fsp3) is 0.600. The Morgan fingerprint density at radius 3 is 1.75 bits per heavy atom. The van der Waals surface area contributed by atoms with E-state index < -0.39 is 29.9 Å². The van der Waals surface area contributed by atoms with Crippen LogP contribution in [0.2, 0.25) is 0 Å². The molecule has 0 aliphatic carbocycles. The molecular formula is C5H3ClF6. The summed E-state index contributed by atoms with van der Waals surface area (Å²) < 4.78 is 68.2. The van der Waals surface area contributed by atoms with Crippen LogP contribution in [0.15, 0.2) is 11.1 Å². The second-order valence-electron chi connectivity index (χ2n) is 1.92. The molecule has 0 heterocycles. The summed E-state index contributed by atoms with van der Waals surface area (Å²) in [6.07, 6.45) is -11.8. The molecule has 0 radical (unpaired) electrons. The quantitative estimate of drug-likeness (QED) is 0.583. The van der Waals surface area contributed by atoms with Gasteiger partial charge in [-0.15, -0.1) is 0 Å². The van der Waals surface area contributed by atoms with E-state index in [1.54, 1.807) is 0 Å². The molecule has 0 spiro atoms. The second-order valence-corrected chi connectivity index (χ2v) is 2.41. The first-order valence-corrected chi connectivity index (χ1v) is 2.99. The molecule has 0 fully saturated rings. The summed E-state index contributed by atoms with van der Waals surface area (Å²) in [5, 5.41) is -1.27. The van der Waals surface area contributed by atoms with Crippen LogP contribution in [0.5, 0.6) is 0 Å². The van der Waals surface area contributed by atoms with Gasteiger partial charge in [-0.3, -0.25) is 0 Å². The first-order chi connectivity index (χ1) is 5.10. The molecule has 12 heavy (non-hydrogen) atoms. The van der Waals surface area contributed by atoms with Crippen LogP contribution in [-0.4, -0.2) is 12.4 Å². The fourth-order valence-corrected chi connectivity index (χ4v) is 0.695. The maximum atomic E-state index is 11.4. The molecule has 0 aliphatic heterocycles. The van der Waals surface area contributed by atoms with E-state index in [4.69, 9.17) is 0 Å². The van der Waals surface area contributed by atoms with E-state index in [1.807, 2.05) is 0 Å². The second kappa shape index (κ2) is 3.55. The highest BCUT2D eigenvalue weighted by Crippen LogP contribution is 2.29. The number of halogens is 7. The number of hydrogen-bond donors (Lipinski definition) is 0. The summed E-state index contributed by atoms with van der Waals surface area (Å²) in [5.41, 5.74) is 0. The smallest absolute Gasteiger partial charge is 0.171 e. The van der Waals surface area contributed by atoms with Gasteiger partial charge in [-0.25, -0.2) is 0 Å². The Morgan fingerprint density at radius 1 is 1.08 bits per heavy atom. The average molecular weight is 213 g/mol. The Hall–Kier alpha value is -0.390. The minimum absolute atomic E-state index is 0.581. The van der Waals surface area contributed by atoms with Gasteiger partial charge in [-0.1, -0.05) is 11.6 Å². The number of alkyl halides is 6. The summed E-state index contributed by atoms with van der Waals surface area (Å²) >= 11 is 4.67. The Kier molecular flexibility index (Phi) is 3.44. The van der Waals surface area contributed by atoms with Crippen molar-refractivity contribution in [1.29, 1.82) is 0 Å². The van der Waals surface area contributed by atoms with Gasteiger partial charge in [0, 0.05) is 11.1 Å². The topological polar surface area (TPSA) is 0 Å².